The maximum Gasteiger partial charge on any atom is 0.264 e. The Labute approximate surface area is 142 Å². The fourth-order valence-electron chi connectivity index (χ4n) is 2.06. The number of amides is 1. The zero-order chi connectivity index (χ0) is 16.4. The van der Waals surface area contributed by atoms with Gasteiger partial charge < -0.3 is 10.4 Å². The molecule has 2 aromatic rings. The van der Waals surface area contributed by atoms with Crippen molar-refractivity contribution in [2.45, 2.75) is 6.92 Å². The summed E-state index contributed by atoms with van der Waals surface area (Å²) in [5.74, 6) is -0.0663. The molecule has 0 bridgehead atoms. The molecule has 0 saturated carbocycles. The van der Waals surface area contributed by atoms with Crippen molar-refractivity contribution in [2.75, 3.05) is 0 Å². The number of hydrogen-bond donors (Lipinski definition) is 2. The van der Waals surface area contributed by atoms with E-state index in [0.717, 1.165) is 11.1 Å². The highest BCUT2D eigenvalue weighted by molar-refractivity contribution is 8.18. The first-order valence-corrected chi connectivity index (χ1v) is 8.05. The summed E-state index contributed by atoms with van der Waals surface area (Å²) in [6.45, 7) is 1.95. The second kappa shape index (κ2) is 6.48. The van der Waals surface area contributed by atoms with Gasteiger partial charge in [-0.2, -0.15) is 0 Å². The minimum absolute atomic E-state index is 0.156. The molecule has 0 spiro atoms. The van der Waals surface area contributed by atoms with Gasteiger partial charge in [0.2, 0.25) is 0 Å². The molecule has 1 saturated heterocycles. The molecule has 1 aliphatic heterocycles. The van der Waals surface area contributed by atoms with Crippen LogP contribution in [-0.2, 0) is 4.79 Å². The number of aromatic hydroxyl groups is 1. The minimum atomic E-state index is -0.222. The second-order valence-electron chi connectivity index (χ2n) is 5.03. The number of amidine groups is 1. The van der Waals surface area contributed by atoms with Crippen molar-refractivity contribution in [3.63, 3.8) is 0 Å². The quantitative estimate of drug-likeness (QED) is 0.801. The number of aryl methyl sites for hydroxylation is 1. The molecule has 0 unspecified atom stereocenters. The lowest BCUT2D eigenvalue weighted by Crippen LogP contribution is -2.19. The molecule has 1 fully saturated rings. The van der Waals surface area contributed by atoms with Gasteiger partial charge in [-0.15, -0.1) is 0 Å². The van der Waals surface area contributed by atoms with Crippen LogP contribution in [0, 0.1) is 6.92 Å². The maximum atomic E-state index is 12.0. The van der Waals surface area contributed by atoms with E-state index in [0.29, 0.717) is 20.8 Å². The number of nitrogens with zero attached hydrogens (tertiary/aromatic N) is 1. The Morgan fingerprint density at radius 2 is 2.09 bits per heavy atom. The monoisotopic (exact) mass is 344 g/mol. The number of benzene rings is 2. The lowest BCUT2D eigenvalue weighted by Gasteiger charge is -2.00. The van der Waals surface area contributed by atoms with Crippen molar-refractivity contribution in [1.82, 2.24) is 5.32 Å². The average molecular weight is 345 g/mol. The topological polar surface area (TPSA) is 61.7 Å². The summed E-state index contributed by atoms with van der Waals surface area (Å²) in [5, 5.41) is 13.2. The number of phenols is 1. The molecule has 1 heterocycles. The Morgan fingerprint density at radius 1 is 1.26 bits per heavy atom. The number of aliphatic imine (C=N–C) groups is 1. The van der Waals surface area contributed by atoms with Gasteiger partial charge in [0.15, 0.2) is 5.17 Å². The van der Waals surface area contributed by atoms with Gasteiger partial charge in [0.25, 0.3) is 5.91 Å². The standard InChI is InChI=1S/C17H13ClN2O2S/c1-10-5-6-14(13(18)7-10)19-17-20-16(22)15(23-17)9-11-3-2-4-12(21)8-11/h2-9,21H,1H3,(H,19,20,22). The fourth-order valence-corrected chi connectivity index (χ4v) is 3.17. The number of thioether (sulfide) groups is 1. The van der Waals surface area contributed by atoms with Gasteiger partial charge in [-0.05, 0) is 60.2 Å². The van der Waals surface area contributed by atoms with E-state index >= 15 is 0 Å². The zero-order valence-corrected chi connectivity index (χ0v) is 13.8. The SMILES string of the molecule is Cc1ccc(N=C2NC(=O)C(=Cc3cccc(O)c3)S2)c(Cl)c1. The zero-order valence-electron chi connectivity index (χ0n) is 12.2. The van der Waals surface area contributed by atoms with Crippen LogP contribution in [0.1, 0.15) is 11.1 Å². The van der Waals surface area contributed by atoms with Crippen LogP contribution in [0.2, 0.25) is 5.02 Å². The van der Waals surface area contributed by atoms with Crippen molar-refractivity contribution < 1.29 is 9.90 Å². The Kier molecular flexibility index (Phi) is 4.41. The molecule has 0 aromatic heterocycles. The molecule has 116 valence electrons. The van der Waals surface area contributed by atoms with E-state index in [4.69, 9.17) is 11.6 Å². The first-order valence-electron chi connectivity index (χ1n) is 6.86. The van der Waals surface area contributed by atoms with E-state index in [1.807, 2.05) is 31.2 Å². The molecule has 1 amide bonds. The van der Waals surface area contributed by atoms with E-state index in [1.54, 1.807) is 24.3 Å². The van der Waals surface area contributed by atoms with E-state index in [9.17, 15) is 9.90 Å². The number of rotatable bonds is 2. The summed E-state index contributed by atoms with van der Waals surface area (Å²) >= 11 is 7.39. The van der Waals surface area contributed by atoms with Crippen molar-refractivity contribution in [2.24, 2.45) is 4.99 Å². The summed E-state index contributed by atoms with van der Waals surface area (Å²) in [7, 11) is 0. The van der Waals surface area contributed by atoms with Crippen molar-refractivity contribution in [1.29, 1.82) is 0 Å². The first kappa shape index (κ1) is 15.6. The Hall–Kier alpha value is -2.24. The Bertz CT molecular complexity index is 846. The van der Waals surface area contributed by atoms with Gasteiger partial charge in [-0.25, -0.2) is 4.99 Å². The third-order valence-corrected chi connectivity index (χ3v) is 4.36. The summed E-state index contributed by atoms with van der Waals surface area (Å²) in [6.07, 6.45) is 1.71. The van der Waals surface area contributed by atoms with E-state index in [-0.39, 0.29) is 11.7 Å². The molecule has 2 aromatic carbocycles. The first-order chi connectivity index (χ1) is 11.0. The highest BCUT2D eigenvalue weighted by atomic mass is 35.5. The number of phenolic OH excluding ortho intramolecular Hbond substituents is 1. The number of halogens is 1. The van der Waals surface area contributed by atoms with Crippen LogP contribution in [-0.4, -0.2) is 16.2 Å². The predicted octanol–water partition coefficient (Wildman–Crippen LogP) is 4.25. The third kappa shape index (κ3) is 3.75. The number of carbonyl (C=O) groups excluding carboxylic acids is 1. The molecular formula is C17H13ClN2O2S. The summed E-state index contributed by atoms with van der Waals surface area (Å²) in [6, 6.07) is 12.3. The lowest BCUT2D eigenvalue weighted by atomic mass is 10.2. The van der Waals surface area contributed by atoms with E-state index in [1.165, 1.54) is 11.8 Å². The van der Waals surface area contributed by atoms with Crippen LogP contribution in [0.3, 0.4) is 0 Å². The molecule has 0 radical (unpaired) electrons. The van der Waals surface area contributed by atoms with Crippen LogP contribution in [0.5, 0.6) is 5.75 Å². The summed E-state index contributed by atoms with van der Waals surface area (Å²) in [4.78, 5) is 16.9. The number of nitrogens with one attached hydrogen (secondary N) is 1. The highest BCUT2D eigenvalue weighted by Gasteiger charge is 2.24. The van der Waals surface area contributed by atoms with Gasteiger partial charge >= 0.3 is 0 Å². The van der Waals surface area contributed by atoms with Crippen molar-refractivity contribution in [3.8, 4) is 5.75 Å². The van der Waals surface area contributed by atoms with Gasteiger partial charge in [-0.3, -0.25) is 4.79 Å². The van der Waals surface area contributed by atoms with Crippen LogP contribution >= 0.6 is 23.4 Å². The largest absolute Gasteiger partial charge is 0.508 e. The van der Waals surface area contributed by atoms with Gasteiger partial charge in [0.05, 0.1) is 15.6 Å². The maximum absolute atomic E-state index is 12.0. The van der Waals surface area contributed by atoms with Crippen LogP contribution < -0.4 is 5.32 Å². The Morgan fingerprint density at radius 3 is 2.83 bits per heavy atom. The van der Waals surface area contributed by atoms with Gasteiger partial charge in [-0.1, -0.05) is 29.8 Å². The van der Waals surface area contributed by atoms with Crippen molar-refractivity contribution >= 4 is 46.2 Å². The lowest BCUT2D eigenvalue weighted by molar-refractivity contribution is -0.115. The summed E-state index contributed by atoms with van der Waals surface area (Å²) < 4.78 is 0. The molecule has 1 aliphatic rings. The van der Waals surface area contributed by atoms with Crippen LogP contribution in [0.4, 0.5) is 5.69 Å². The van der Waals surface area contributed by atoms with E-state index < -0.39 is 0 Å². The van der Waals surface area contributed by atoms with Gasteiger partial charge in [0, 0.05) is 0 Å². The number of hydrogen-bond acceptors (Lipinski definition) is 4. The molecule has 2 N–H and O–H groups in total. The molecule has 6 heteroatoms. The van der Waals surface area contributed by atoms with E-state index in [2.05, 4.69) is 10.3 Å². The molecule has 23 heavy (non-hydrogen) atoms. The minimum Gasteiger partial charge on any atom is -0.508 e. The van der Waals surface area contributed by atoms with Gasteiger partial charge in [0.1, 0.15) is 5.75 Å². The molecule has 4 nitrogen and oxygen atoms in total. The van der Waals surface area contributed by atoms with Crippen LogP contribution in [0.25, 0.3) is 6.08 Å². The average Bonchev–Trinajstić information content (AvgIpc) is 2.82. The van der Waals surface area contributed by atoms with Crippen LogP contribution in [0.15, 0.2) is 52.4 Å². The van der Waals surface area contributed by atoms with Crippen molar-refractivity contribution in [3.05, 3.63) is 63.5 Å². The molecule has 0 atom stereocenters. The smallest absolute Gasteiger partial charge is 0.264 e. The Balaban J connectivity index is 1.86. The second-order valence-corrected chi connectivity index (χ2v) is 6.47. The molecule has 3 rings (SSSR count). The molecular weight excluding hydrogens is 332 g/mol. The summed E-state index contributed by atoms with van der Waals surface area (Å²) in [5.41, 5.74) is 2.41. The third-order valence-electron chi connectivity index (χ3n) is 3.14. The normalized spacial score (nSPS) is 17.7. The predicted molar refractivity (Wildman–Crippen MR) is 95.1 cm³/mol. The molecule has 0 aliphatic carbocycles. The number of carbonyl (C=O) groups is 1. The fraction of sp³-hybridized carbons (Fsp3) is 0.0588. The highest BCUT2D eigenvalue weighted by Crippen LogP contribution is 2.31.